The first-order chi connectivity index (χ1) is 9.51. The van der Waals surface area contributed by atoms with Gasteiger partial charge in [0.25, 0.3) is 0 Å². The number of nitrogens with one attached hydrogen (secondary N) is 2. The maximum absolute atomic E-state index is 12.3. The van der Waals surface area contributed by atoms with Crippen LogP contribution in [0.5, 0.6) is 0 Å². The number of halogens is 3. The summed E-state index contributed by atoms with van der Waals surface area (Å²) in [6.45, 7) is 5.40. The molecule has 2 N–H and O–H groups in total. The van der Waals surface area contributed by atoms with E-state index in [2.05, 4.69) is 10.0 Å². The lowest BCUT2D eigenvalue weighted by atomic mass is 10.2. The second-order valence-corrected chi connectivity index (χ2v) is 7.77. The normalized spacial score (nSPS) is 14.6. The van der Waals surface area contributed by atoms with Crippen LogP contribution >= 0.6 is 11.3 Å². The molecule has 0 aliphatic rings. The highest BCUT2D eigenvalue weighted by Crippen LogP contribution is 2.25. The van der Waals surface area contributed by atoms with E-state index in [1.165, 1.54) is 24.3 Å². The highest BCUT2D eigenvalue weighted by Gasteiger charge is 2.32. The highest BCUT2D eigenvalue weighted by molar-refractivity contribution is 7.89. The zero-order valence-corrected chi connectivity index (χ0v) is 13.6. The summed E-state index contributed by atoms with van der Waals surface area (Å²) >= 11 is 1.25. The summed E-state index contributed by atoms with van der Waals surface area (Å²) in [5.41, 5.74) is 0. The van der Waals surface area contributed by atoms with Crippen molar-refractivity contribution in [2.45, 2.75) is 56.9 Å². The van der Waals surface area contributed by atoms with Gasteiger partial charge in [0, 0.05) is 23.5 Å². The van der Waals surface area contributed by atoms with Crippen molar-refractivity contribution in [3.05, 3.63) is 16.3 Å². The van der Waals surface area contributed by atoms with Crippen LogP contribution in [-0.2, 0) is 16.6 Å². The van der Waals surface area contributed by atoms with Gasteiger partial charge in [0.2, 0.25) is 10.0 Å². The van der Waals surface area contributed by atoms with Gasteiger partial charge in [0.1, 0.15) is 0 Å². The summed E-state index contributed by atoms with van der Waals surface area (Å²) in [4.78, 5) is 0.616. The van der Waals surface area contributed by atoms with Crippen molar-refractivity contribution in [1.29, 1.82) is 0 Å². The molecule has 1 rings (SSSR count). The second kappa shape index (κ2) is 7.08. The smallest absolute Gasteiger partial charge is 0.310 e. The Hall–Kier alpha value is -0.640. The number of alkyl halides is 3. The molecule has 1 atom stereocenters. The Morgan fingerprint density at radius 3 is 2.43 bits per heavy atom. The molecule has 1 unspecified atom stereocenters. The van der Waals surface area contributed by atoms with E-state index in [4.69, 9.17) is 0 Å². The van der Waals surface area contributed by atoms with Crippen LogP contribution < -0.4 is 10.0 Å². The lowest BCUT2D eigenvalue weighted by Crippen LogP contribution is -2.36. The van der Waals surface area contributed by atoms with E-state index in [1.807, 2.05) is 13.8 Å². The van der Waals surface area contributed by atoms with Gasteiger partial charge in [0.15, 0.2) is 0 Å². The van der Waals surface area contributed by atoms with E-state index in [9.17, 15) is 21.6 Å². The van der Waals surface area contributed by atoms with E-state index < -0.39 is 28.7 Å². The quantitative estimate of drug-likeness (QED) is 0.800. The Kier molecular flexibility index (Phi) is 6.21. The van der Waals surface area contributed by atoms with Crippen molar-refractivity contribution in [3.8, 4) is 0 Å². The molecular formula is C12H19F3N2O2S2. The zero-order valence-electron chi connectivity index (χ0n) is 12.0. The van der Waals surface area contributed by atoms with Crippen LogP contribution in [0.4, 0.5) is 13.2 Å². The maximum Gasteiger partial charge on any atom is 0.390 e. The van der Waals surface area contributed by atoms with Gasteiger partial charge in [-0.2, -0.15) is 13.2 Å². The molecule has 0 aliphatic carbocycles. The molecule has 0 fully saturated rings. The Bertz CT molecular complexity index is 553. The van der Waals surface area contributed by atoms with Crippen molar-refractivity contribution in [2.24, 2.45) is 0 Å². The molecular weight excluding hydrogens is 325 g/mol. The lowest BCUT2D eigenvalue weighted by Gasteiger charge is -2.16. The molecule has 0 bridgehead atoms. The first-order valence-electron chi connectivity index (χ1n) is 6.40. The first-order valence-corrected chi connectivity index (χ1v) is 8.76. The first kappa shape index (κ1) is 18.4. The Labute approximate surface area is 126 Å². The third-order valence-corrected chi connectivity index (χ3v) is 5.28. The van der Waals surface area contributed by atoms with Gasteiger partial charge in [-0.05, 0) is 18.4 Å². The van der Waals surface area contributed by atoms with Gasteiger partial charge in [-0.1, -0.05) is 13.8 Å². The summed E-state index contributed by atoms with van der Waals surface area (Å²) < 4.78 is 63.2. The molecule has 0 saturated heterocycles. The van der Waals surface area contributed by atoms with Crippen LogP contribution in [0.3, 0.4) is 0 Å². The van der Waals surface area contributed by atoms with E-state index in [1.54, 1.807) is 5.38 Å². The van der Waals surface area contributed by atoms with Crippen molar-refractivity contribution >= 4 is 21.4 Å². The lowest BCUT2D eigenvalue weighted by molar-refractivity contribution is -0.137. The largest absolute Gasteiger partial charge is 0.390 e. The Morgan fingerprint density at radius 1 is 1.29 bits per heavy atom. The average molecular weight is 344 g/mol. The molecule has 21 heavy (non-hydrogen) atoms. The van der Waals surface area contributed by atoms with Gasteiger partial charge < -0.3 is 5.32 Å². The monoisotopic (exact) mass is 344 g/mol. The Morgan fingerprint density at radius 2 is 1.90 bits per heavy atom. The SMILES string of the molecule is CC(C)NCc1sccc1S(=O)(=O)NC(C)CC(F)(F)F. The molecule has 0 spiro atoms. The standard InChI is InChI=1S/C12H19F3N2O2S2/c1-8(2)16-7-10-11(4-5-20-10)21(18,19)17-9(3)6-12(13,14)15/h4-5,8-9,16-17H,6-7H2,1-3H3. The number of sulfonamides is 1. The van der Waals surface area contributed by atoms with Crippen LogP contribution in [0.2, 0.25) is 0 Å². The predicted octanol–water partition coefficient (Wildman–Crippen LogP) is 2.87. The molecule has 1 aromatic rings. The topological polar surface area (TPSA) is 58.2 Å². The third-order valence-electron chi connectivity index (χ3n) is 2.56. The van der Waals surface area contributed by atoms with Crippen molar-refractivity contribution in [2.75, 3.05) is 0 Å². The van der Waals surface area contributed by atoms with Gasteiger partial charge in [-0.25, -0.2) is 13.1 Å². The van der Waals surface area contributed by atoms with Crippen LogP contribution in [-0.4, -0.2) is 26.7 Å². The fraction of sp³-hybridized carbons (Fsp3) is 0.667. The third kappa shape index (κ3) is 6.33. The molecule has 0 amide bonds. The fourth-order valence-electron chi connectivity index (χ4n) is 1.71. The predicted molar refractivity (Wildman–Crippen MR) is 76.8 cm³/mol. The van der Waals surface area contributed by atoms with E-state index in [0.29, 0.717) is 11.4 Å². The molecule has 0 aromatic carbocycles. The molecule has 1 aromatic heterocycles. The molecule has 1 heterocycles. The molecule has 0 saturated carbocycles. The summed E-state index contributed by atoms with van der Waals surface area (Å²) in [5, 5.41) is 4.70. The minimum absolute atomic E-state index is 0.0367. The number of rotatable bonds is 7. The Balaban J connectivity index is 2.81. The number of hydrogen-bond acceptors (Lipinski definition) is 4. The highest BCUT2D eigenvalue weighted by atomic mass is 32.2. The summed E-state index contributed by atoms with van der Waals surface area (Å²) in [6, 6.07) is 0.380. The fourth-order valence-corrected chi connectivity index (χ4v) is 4.35. The average Bonchev–Trinajstić information content (AvgIpc) is 2.71. The zero-order chi connectivity index (χ0) is 16.3. The van der Waals surface area contributed by atoms with Crippen LogP contribution in [0, 0.1) is 0 Å². The summed E-state index contributed by atoms with van der Waals surface area (Å²) in [5.74, 6) is 0. The van der Waals surface area contributed by atoms with Gasteiger partial charge in [-0.15, -0.1) is 11.3 Å². The van der Waals surface area contributed by atoms with E-state index in [-0.39, 0.29) is 10.9 Å². The van der Waals surface area contributed by atoms with Crippen molar-refractivity contribution in [3.63, 3.8) is 0 Å². The molecule has 122 valence electrons. The van der Waals surface area contributed by atoms with Crippen LogP contribution in [0.1, 0.15) is 32.1 Å². The molecule has 4 nitrogen and oxygen atoms in total. The number of thiophene rings is 1. The van der Waals surface area contributed by atoms with Gasteiger partial charge in [0.05, 0.1) is 11.3 Å². The second-order valence-electron chi connectivity index (χ2n) is 5.09. The summed E-state index contributed by atoms with van der Waals surface area (Å²) in [6.07, 6.45) is -5.60. The maximum atomic E-state index is 12.3. The molecule has 0 radical (unpaired) electrons. The minimum atomic E-state index is -4.40. The molecule has 9 heteroatoms. The van der Waals surface area contributed by atoms with Gasteiger partial charge in [-0.3, -0.25) is 0 Å². The summed E-state index contributed by atoms with van der Waals surface area (Å²) in [7, 11) is -3.95. The van der Waals surface area contributed by atoms with E-state index >= 15 is 0 Å². The van der Waals surface area contributed by atoms with Crippen LogP contribution in [0.15, 0.2) is 16.3 Å². The number of hydrogen-bond donors (Lipinski definition) is 2. The van der Waals surface area contributed by atoms with Crippen LogP contribution in [0.25, 0.3) is 0 Å². The minimum Gasteiger partial charge on any atom is -0.310 e. The van der Waals surface area contributed by atoms with E-state index in [0.717, 1.165) is 0 Å². The van der Waals surface area contributed by atoms with Crippen molar-refractivity contribution in [1.82, 2.24) is 10.0 Å². The van der Waals surface area contributed by atoms with Crippen molar-refractivity contribution < 1.29 is 21.6 Å². The van der Waals surface area contributed by atoms with Gasteiger partial charge >= 0.3 is 6.18 Å². The molecule has 0 aliphatic heterocycles.